The van der Waals surface area contributed by atoms with Gasteiger partial charge in [0.05, 0.1) is 7.11 Å². The lowest BCUT2D eigenvalue weighted by Gasteiger charge is -2.36. The number of nitrogens with two attached hydrogens (primary N) is 1. The van der Waals surface area contributed by atoms with Gasteiger partial charge in [-0.3, -0.25) is 4.79 Å². The number of aromatic nitrogens is 1. The Balaban J connectivity index is 1.51. The smallest absolute Gasteiger partial charge is 0.497 e. The van der Waals surface area contributed by atoms with Gasteiger partial charge in [0.25, 0.3) is 5.91 Å². The number of carbonyl (C=O) groups excluding carboxylic acids is 1. The first-order valence-corrected chi connectivity index (χ1v) is 10.0. The van der Waals surface area contributed by atoms with E-state index in [0.717, 1.165) is 23.6 Å². The van der Waals surface area contributed by atoms with Crippen LogP contribution in [0.2, 0.25) is 0 Å². The zero-order chi connectivity index (χ0) is 23.6. The van der Waals surface area contributed by atoms with Crippen LogP contribution in [0.5, 0.6) is 11.5 Å². The summed E-state index contributed by atoms with van der Waals surface area (Å²) in [5.41, 5.74) is 7.13. The van der Waals surface area contributed by atoms with Crippen molar-refractivity contribution in [1.82, 2.24) is 10.1 Å². The van der Waals surface area contributed by atoms with Crippen molar-refractivity contribution >= 4 is 17.5 Å². The lowest BCUT2D eigenvalue weighted by Crippen LogP contribution is -2.49. The molecule has 1 fully saturated rings. The number of carbonyl (C=O) groups is 1. The summed E-state index contributed by atoms with van der Waals surface area (Å²) < 4.78 is 52.0. The third-order valence-corrected chi connectivity index (χ3v) is 5.26. The van der Waals surface area contributed by atoms with Crippen LogP contribution in [0.1, 0.15) is 10.4 Å². The minimum absolute atomic E-state index is 0.00832. The van der Waals surface area contributed by atoms with Gasteiger partial charge >= 0.3 is 6.36 Å². The molecule has 174 valence electrons. The van der Waals surface area contributed by atoms with Crippen LogP contribution in [-0.2, 0) is 0 Å². The average molecular weight is 462 g/mol. The number of halogens is 3. The fourth-order valence-corrected chi connectivity index (χ4v) is 3.68. The minimum Gasteiger partial charge on any atom is -0.497 e. The topological polar surface area (TPSA) is 94.1 Å². The second-order valence-corrected chi connectivity index (χ2v) is 7.33. The van der Waals surface area contributed by atoms with Gasteiger partial charge in [0.15, 0.2) is 0 Å². The van der Waals surface area contributed by atoms with Crippen molar-refractivity contribution in [3.63, 3.8) is 0 Å². The van der Waals surface area contributed by atoms with Crippen LogP contribution >= 0.6 is 0 Å². The molecule has 0 aliphatic carbocycles. The van der Waals surface area contributed by atoms with E-state index in [1.54, 1.807) is 12.0 Å². The number of hydrogen-bond acceptors (Lipinski definition) is 7. The summed E-state index contributed by atoms with van der Waals surface area (Å²) in [6.07, 6.45) is -4.84. The van der Waals surface area contributed by atoms with Gasteiger partial charge in [-0.2, -0.15) is 0 Å². The zero-order valence-electron chi connectivity index (χ0n) is 17.6. The van der Waals surface area contributed by atoms with Crippen molar-refractivity contribution in [3.05, 3.63) is 54.1 Å². The van der Waals surface area contributed by atoms with E-state index in [-0.39, 0.29) is 22.7 Å². The quantitative estimate of drug-likeness (QED) is 0.617. The third kappa shape index (κ3) is 4.97. The van der Waals surface area contributed by atoms with Gasteiger partial charge in [-0.05, 0) is 24.3 Å². The van der Waals surface area contributed by atoms with Crippen LogP contribution in [0, 0.1) is 0 Å². The molecule has 1 aromatic heterocycles. The Morgan fingerprint density at radius 1 is 1.06 bits per heavy atom. The number of methoxy groups -OCH3 is 1. The highest BCUT2D eigenvalue weighted by Gasteiger charge is 2.32. The molecule has 4 rings (SSSR count). The molecule has 0 atom stereocenters. The minimum atomic E-state index is -4.84. The normalized spacial score (nSPS) is 14.3. The summed E-state index contributed by atoms with van der Waals surface area (Å²) in [6.45, 7) is 1.98. The van der Waals surface area contributed by atoms with Gasteiger partial charge in [-0.1, -0.05) is 23.4 Å². The fourth-order valence-electron chi connectivity index (χ4n) is 3.68. The Hall–Kier alpha value is -3.89. The predicted molar refractivity (Wildman–Crippen MR) is 114 cm³/mol. The summed E-state index contributed by atoms with van der Waals surface area (Å²) in [6, 6.07) is 12.8. The Morgan fingerprint density at radius 3 is 2.45 bits per heavy atom. The Labute approximate surface area is 187 Å². The van der Waals surface area contributed by atoms with Crippen LogP contribution in [0.4, 0.5) is 24.7 Å². The Morgan fingerprint density at radius 2 is 1.76 bits per heavy atom. The average Bonchev–Trinajstić information content (AvgIpc) is 3.19. The summed E-state index contributed by atoms with van der Waals surface area (Å²) in [7, 11) is 1.60. The van der Waals surface area contributed by atoms with Gasteiger partial charge in [0, 0.05) is 43.5 Å². The van der Waals surface area contributed by atoms with Crippen LogP contribution in [0.25, 0.3) is 11.3 Å². The molecular weight excluding hydrogens is 441 g/mol. The molecule has 1 amide bonds. The standard InChI is InChI=1S/C22H21F3N4O4/c1-31-16-6-3-5-15(13-16)28-8-10-29(11-9-28)21(30)18-19(27-33-20(18)26)14-4-2-7-17(12-14)32-22(23,24)25/h2-7,12-13H,8-11,26H2,1H3. The van der Waals surface area contributed by atoms with Crippen LogP contribution in [-0.4, -0.2) is 55.6 Å². The molecule has 0 saturated carbocycles. The monoisotopic (exact) mass is 462 g/mol. The molecular formula is C22H21F3N4O4. The van der Waals surface area contributed by atoms with Crippen LogP contribution in [0.15, 0.2) is 53.1 Å². The molecule has 1 aliphatic rings. The fraction of sp³-hybridized carbons (Fsp3) is 0.273. The first-order chi connectivity index (χ1) is 15.7. The molecule has 33 heavy (non-hydrogen) atoms. The number of nitrogens with zero attached hydrogens (tertiary/aromatic N) is 3. The second kappa shape index (κ2) is 8.93. The highest BCUT2D eigenvalue weighted by atomic mass is 19.4. The molecule has 0 radical (unpaired) electrons. The molecule has 8 nitrogen and oxygen atoms in total. The molecule has 1 saturated heterocycles. The molecule has 0 unspecified atom stereocenters. The Bertz CT molecular complexity index is 1140. The SMILES string of the molecule is COc1cccc(N2CCN(C(=O)c3c(-c4cccc(OC(F)(F)F)c4)noc3N)CC2)c1. The highest BCUT2D eigenvalue weighted by Crippen LogP contribution is 2.32. The maximum absolute atomic E-state index is 13.2. The van der Waals surface area contributed by atoms with Crippen molar-refractivity contribution in [3.8, 4) is 22.8 Å². The van der Waals surface area contributed by atoms with E-state index in [4.69, 9.17) is 15.0 Å². The second-order valence-electron chi connectivity index (χ2n) is 7.33. The lowest BCUT2D eigenvalue weighted by molar-refractivity contribution is -0.274. The van der Waals surface area contributed by atoms with Crippen LogP contribution in [0.3, 0.4) is 0 Å². The van der Waals surface area contributed by atoms with Crippen molar-refractivity contribution in [2.75, 3.05) is 43.9 Å². The van der Waals surface area contributed by atoms with Crippen molar-refractivity contribution in [1.29, 1.82) is 0 Å². The maximum atomic E-state index is 13.2. The van der Waals surface area contributed by atoms with Gasteiger partial charge in [-0.25, -0.2) is 0 Å². The molecule has 0 bridgehead atoms. The first-order valence-electron chi connectivity index (χ1n) is 10.0. The summed E-state index contributed by atoms with van der Waals surface area (Å²) in [5, 5.41) is 3.81. The molecule has 0 spiro atoms. The number of nitrogen functional groups attached to an aromatic ring is 1. The van der Waals surface area contributed by atoms with Crippen LogP contribution < -0.4 is 20.1 Å². The van der Waals surface area contributed by atoms with Gasteiger partial charge in [0.1, 0.15) is 22.8 Å². The van der Waals surface area contributed by atoms with Gasteiger partial charge < -0.3 is 29.5 Å². The van der Waals surface area contributed by atoms with E-state index >= 15 is 0 Å². The molecule has 3 aromatic rings. The van der Waals surface area contributed by atoms with E-state index in [9.17, 15) is 18.0 Å². The number of piperazine rings is 1. The van der Waals surface area contributed by atoms with E-state index in [1.165, 1.54) is 12.1 Å². The number of anilines is 2. The largest absolute Gasteiger partial charge is 0.573 e. The van der Waals surface area contributed by atoms with E-state index in [2.05, 4.69) is 14.8 Å². The van der Waals surface area contributed by atoms with E-state index in [1.807, 2.05) is 24.3 Å². The molecule has 2 N–H and O–H groups in total. The number of hydrogen-bond donors (Lipinski definition) is 1. The number of amides is 1. The summed E-state index contributed by atoms with van der Waals surface area (Å²) >= 11 is 0. The number of ether oxygens (including phenoxy) is 2. The van der Waals surface area contributed by atoms with Gasteiger partial charge in [0.2, 0.25) is 5.88 Å². The maximum Gasteiger partial charge on any atom is 0.573 e. The number of rotatable bonds is 5. The third-order valence-electron chi connectivity index (χ3n) is 5.26. The molecule has 2 heterocycles. The Kier molecular flexibility index (Phi) is 6.03. The molecule has 2 aromatic carbocycles. The van der Waals surface area contributed by atoms with E-state index < -0.39 is 18.0 Å². The first kappa shape index (κ1) is 22.3. The zero-order valence-corrected chi connectivity index (χ0v) is 17.6. The van der Waals surface area contributed by atoms with Gasteiger partial charge in [-0.15, -0.1) is 13.2 Å². The number of alkyl halides is 3. The number of benzene rings is 2. The van der Waals surface area contributed by atoms with Crippen molar-refractivity contribution in [2.45, 2.75) is 6.36 Å². The highest BCUT2D eigenvalue weighted by molar-refractivity contribution is 6.03. The van der Waals surface area contributed by atoms with E-state index in [0.29, 0.717) is 26.2 Å². The molecule has 1 aliphatic heterocycles. The predicted octanol–water partition coefficient (Wildman–Crippen LogP) is 3.79. The lowest BCUT2D eigenvalue weighted by atomic mass is 10.1. The summed E-state index contributed by atoms with van der Waals surface area (Å²) in [4.78, 5) is 17.0. The van der Waals surface area contributed by atoms with Crippen molar-refractivity contribution in [2.24, 2.45) is 0 Å². The van der Waals surface area contributed by atoms with Crippen molar-refractivity contribution < 1.29 is 32.0 Å². The molecule has 11 heteroatoms. The summed E-state index contributed by atoms with van der Waals surface area (Å²) in [5.74, 6) is -0.306.